The van der Waals surface area contributed by atoms with Crippen molar-refractivity contribution in [1.82, 2.24) is 15.0 Å². The third-order valence-corrected chi connectivity index (χ3v) is 4.37. The number of hydrogen-bond donors (Lipinski definition) is 0. The van der Waals surface area contributed by atoms with Gasteiger partial charge in [-0.25, -0.2) is 4.98 Å². The van der Waals surface area contributed by atoms with Crippen LogP contribution in [0.4, 0.5) is 5.95 Å². The van der Waals surface area contributed by atoms with Crippen molar-refractivity contribution in [2.45, 2.75) is 12.8 Å². The molecule has 0 spiro atoms. The fourth-order valence-electron chi connectivity index (χ4n) is 2.55. The number of nitrogens with zero attached hydrogens (tertiary/aromatic N) is 4. The summed E-state index contributed by atoms with van der Waals surface area (Å²) < 4.78 is 11.3. The van der Waals surface area contributed by atoms with Gasteiger partial charge in [-0.3, -0.25) is 4.98 Å². The number of anilines is 1. The maximum atomic E-state index is 6.37. The minimum absolute atomic E-state index is 0.393. The van der Waals surface area contributed by atoms with Crippen LogP contribution in [0.5, 0.6) is 5.88 Å². The van der Waals surface area contributed by atoms with Crippen LogP contribution in [0.25, 0.3) is 0 Å². The SMILES string of the molecule is ClCCc1c(Cl)nc(N2CCOCC2)nc1OCCc1ccccn1. The summed E-state index contributed by atoms with van der Waals surface area (Å²) in [4.78, 5) is 15.3. The van der Waals surface area contributed by atoms with Gasteiger partial charge in [-0.15, -0.1) is 11.6 Å². The van der Waals surface area contributed by atoms with E-state index in [0.717, 1.165) is 24.3 Å². The molecule has 0 unspecified atom stereocenters. The molecule has 0 amide bonds. The molecule has 1 fully saturated rings. The molecule has 0 saturated carbocycles. The highest BCUT2D eigenvalue weighted by molar-refractivity contribution is 6.30. The monoisotopic (exact) mass is 382 g/mol. The highest BCUT2D eigenvalue weighted by Crippen LogP contribution is 2.27. The number of alkyl halides is 1. The van der Waals surface area contributed by atoms with E-state index < -0.39 is 0 Å². The second-order valence-electron chi connectivity index (χ2n) is 5.56. The molecule has 1 aliphatic rings. The van der Waals surface area contributed by atoms with E-state index >= 15 is 0 Å². The number of aromatic nitrogens is 3. The lowest BCUT2D eigenvalue weighted by molar-refractivity contribution is 0.122. The number of rotatable bonds is 7. The molecule has 3 heterocycles. The van der Waals surface area contributed by atoms with Gasteiger partial charge in [0.25, 0.3) is 0 Å². The molecule has 25 heavy (non-hydrogen) atoms. The molecular formula is C17H20Cl2N4O2. The lowest BCUT2D eigenvalue weighted by Crippen LogP contribution is -2.37. The van der Waals surface area contributed by atoms with Crippen molar-refractivity contribution < 1.29 is 9.47 Å². The average Bonchev–Trinajstić information content (AvgIpc) is 2.66. The van der Waals surface area contributed by atoms with Crippen LogP contribution in [0, 0.1) is 0 Å². The van der Waals surface area contributed by atoms with Gasteiger partial charge in [0, 0.05) is 37.3 Å². The first kappa shape index (κ1) is 18.2. The van der Waals surface area contributed by atoms with E-state index in [1.54, 1.807) is 6.20 Å². The molecule has 2 aromatic heterocycles. The fraction of sp³-hybridized carbons (Fsp3) is 0.471. The first-order valence-corrected chi connectivity index (χ1v) is 9.17. The summed E-state index contributed by atoms with van der Waals surface area (Å²) in [6.07, 6.45) is 3.02. The number of pyridine rings is 1. The Morgan fingerprint density at radius 1 is 1.16 bits per heavy atom. The average molecular weight is 383 g/mol. The normalized spacial score (nSPS) is 14.6. The maximum Gasteiger partial charge on any atom is 0.230 e. The van der Waals surface area contributed by atoms with E-state index in [4.69, 9.17) is 32.7 Å². The van der Waals surface area contributed by atoms with Gasteiger partial charge in [0.05, 0.1) is 25.4 Å². The van der Waals surface area contributed by atoms with Gasteiger partial charge in [-0.2, -0.15) is 4.98 Å². The Kier molecular flexibility index (Phi) is 6.67. The largest absolute Gasteiger partial charge is 0.477 e. The minimum atomic E-state index is 0.393. The summed E-state index contributed by atoms with van der Waals surface area (Å²) >= 11 is 12.3. The van der Waals surface area contributed by atoms with Gasteiger partial charge in [0.2, 0.25) is 11.8 Å². The number of ether oxygens (including phenoxy) is 2. The molecule has 0 atom stereocenters. The number of morpholine rings is 1. The third-order valence-electron chi connectivity index (χ3n) is 3.87. The van der Waals surface area contributed by atoms with Gasteiger partial charge < -0.3 is 14.4 Å². The number of hydrogen-bond acceptors (Lipinski definition) is 6. The van der Waals surface area contributed by atoms with Crippen LogP contribution < -0.4 is 9.64 Å². The molecule has 0 N–H and O–H groups in total. The molecule has 134 valence electrons. The van der Waals surface area contributed by atoms with Gasteiger partial charge >= 0.3 is 0 Å². The molecule has 0 aliphatic carbocycles. The molecule has 6 nitrogen and oxygen atoms in total. The molecule has 8 heteroatoms. The van der Waals surface area contributed by atoms with Crippen molar-refractivity contribution in [2.24, 2.45) is 0 Å². The van der Waals surface area contributed by atoms with E-state index in [2.05, 4.69) is 15.0 Å². The highest BCUT2D eigenvalue weighted by Gasteiger charge is 2.19. The van der Waals surface area contributed by atoms with Crippen molar-refractivity contribution in [3.8, 4) is 5.88 Å². The second kappa shape index (κ2) is 9.17. The van der Waals surface area contributed by atoms with E-state index in [1.165, 1.54) is 0 Å². The van der Waals surface area contributed by atoms with Crippen LogP contribution in [-0.4, -0.2) is 53.7 Å². The van der Waals surface area contributed by atoms with Gasteiger partial charge in [-0.1, -0.05) is 17.7 Å². The predicted molar refractivity (Wildman–Crippen MR) is 97.9 cm³/mol. The predicted octanol–water partition coefficient (Wildman–Crippen LogP) is 2.76. The van der Waals surface area contributed by atoms with E-state index in [-0.39, 0.29) is 0 Å². The Morgan fingerprint density at radius 3 is 2.72 bits per heavy atom. The molecule has 0 radical (unpaired) electrons. The molecule has 0 bridgehead atoms. The summed E-state index contributed by atoms with van der Waals surface area (Å²) in [5.74, 6) is 1.49. The Labute approximate surface area is 157 Å². The van der Waals surface area contributed by atoms with Crippen LogP contribution in [0.1, 0.15) is 11.3 Å². The summed E-state index contributed by atoms with van der Waals surface area (Å²) in [5.41, 5.74) is 1.71. The van der Waals surface area contributed by atoms with Crippen LogP contribution in [0.15, 0.2) is 24.4 Å². The van der Waals surface area contributed by atoms with Crippen LogP contribution >= 0.6 is 23.2 Å². The van der Waals surface area contributed by atoms with E-state index in [1.807, 2.05) is 23.1 Å². The lowest BCUT2D eigenvalue weighted by Gasteiger charge is -2.27. The first-order chi connectivity index (χ1) is 12.3. The van der Waals surface area contributed by atoms with Gasteiger partial charge in [0.1, 0.15) is 5.15 Å². The molecule has 3 rings (SSSR count). The van der Waals surface area contributed by atoms with Gasteiger partial charge in [-0.05, 0) is 18.6 Å². The molecule has 0 aromatic carbocycles. The van der Waals surface area contributed by atoms with E-state index in [0.29, 0.717) is 55.5 Å². The standard InChI is InChI=1S/C17H20Cl2N4O2/c18-6-4-14-15(19)21-17(23-8-11-24-12-9-23)22-16(14)25-10-5-13-3-1-2-7-20-13/h1-3,7H,4-6,8-12H2. The highest BCUT2D eigenvalue weighted by atomic mass is 35.5. The molecule has 2 aromatic rings. The minimum Gasteiger partial charge on any atom is -0.477 e. The zero-order valence-corrected chi connectivity index (χ0v) is 15.3. The van der Waals surface area contributed by atoms with Crippen molar-refractivity contribution >= 4 is 29.2 Å². The van der Waals surface area contributed by atoms with Crippen LogP contribution in [0.2, 0.25) is 5.15 Å². The molecule has 1 aliphatic heterocycles. The first-order valence-electron chi connectivity index (χ1n) is 8.25. The lowest BCUT2D eigenvalue weighted by atomic mass is 10.2. The van der Waals surface area contributed by atoms with Crippen LogP contribution in [0.3, 0.4) is 0 Å². The zero-order chi connectivity index (χ0) is 17.5. The van der Waals surface area contributed by atoms with Gasteiger partial charge in [0.15, 0.2) is 0 Å². The van der Waals surface area contributed by atoms with Crippen molar-refractivity contribution in [2.75, 3.05) is 43.7 Å². The number of halogens is 2. The topological polar surface area (TPSA) is 60.4 Å². The summed E-state index contributed by atoms with van der Waals surface area (Å²) in [7, 11) is 0. The summed E-state index contributed by atoms with van der Waals surface area (Å²) in [6, 6.07) is 5.82. The van der Waals surface area contributed by atoms with Crippen molar-refractivity contribution in [3.63, 3.8) is 0 Å². The maximum absolute atomic E-state index is 6.37. The Hall–Kier alpha value is -1.63. The van der Waals surface area contributed by atoms with E-state index in [9.17, 15) is 0 Å². The summed E-state index contributed by atoms with van der Waals surface area (Å²) in [5, 5.41) is 0.393. The summed E-state index contributed by atoms with van der Waals surface area (Å²) in [6.45, 7) is 3.24. The molecular weight excluding hydrogens is 363 g/mol. The Balaban J connectivity index is 1.75. The Bertz CT molecular complexity index is 682. The van der Waals surface area contributed by atoms with Crippen molar-refractivity contribution in [3.05, 3.63) is 40.8 Å². The second-order valence-corrected chi connectivity index (χ2v) is 6.29. The fourth-order valence-corrected chi connectivity index (χ4v) is 2.99. The third kappa shape index (κ3) is 4.93. The zero-order valence-electron chi connectivity index (χ0n) is 13.8. The Morgan fingerprint density at radius 2 is 2.00 bits per heavy atom. The quantitative estimate of drug-likeness (QED) is 0.541. The smallest absolute Gasteiger partial charge is 0.230 e. The van der Waals surface area contributed by atoms with Crippen molar-refractivity contribution in [1.29, 1.82) is 0 Å². The van der Waals surface area contributed by atoms with Crippen LogP contribution in [-0.2, 0) is 17.6 Å². The molecule has 1 saturated heterocycles.